The lowest BCUT2D eigenvalue weighted by molar-refractivity contribution is -0.380. The number of nitrogens with zero attached hydrogens (tertiary/aromatic N) is 2. The summed E-state index contributed by atoms with van der Waals surface area (Å²) in [4.78, 5) is 25.3. The number of amides is 1. The summed E-state index contributed by atoms with van der Waals surface area (Å²) in [5.74, 6) is 0.00533. The number of rotatable bonds is 5. The molecule has 0 saturated carbocycles. The van der Waals surface area contributed by atoms with Gasteiger partial charge in [0.05, 0.1) is 4.92 Å². The van der Waals surface area contributed by atoms with Crippen LogP contribution in [0.25, 0.3) is 0 Å². The maximum atomic E-state index is 12.0. The number of thiophene rings is 1. The maximum Gasteiger partial charge on any atom is 0.324 e. The van der Waals surface area contributed by atoms with E-state index in [1.54, 1.807) is 6.07 Å². The van der Waals surface area contributed by atoms with Crippen LogP contribution in [-0.2, 0) is 11.3 Å². The number of piperazine rings is 1. The van der Waals surface area contributed by atoms with Crippen LogP contribution in [-0.4, -0.2) is 48.0 Å². The molecule has 20 heavy (non-hydrogen) atoms. The van der Waals surface area contributed by atoms with Crippen LogP contribution in [0.2, 0.25) is 0 Å². The van der Waals surface area contributed by atoms with E-state index in [0.29, 0.717) is 19.6 Å². The molecule has 2 rings (SSSR count). The Bertz CT molecular complexity index is 491. The fraction of sp³-hybridized carbons (Fsp3) is 0.583. The zero-order valence-electron chi connectivity index (χ0n) is 11.3. The van der Waals surface area contributed by atoms with Crippen LogP contribution in [0, 0.1) is 10.1 Å². The largest absolute Gasteiger partial charge is 0.355 e. The summed E-state index contributed by atoms with van der Waals surface area (Å²) in [6.45, 7) is 5.26. The molecular weight excluding hydrogens is 280 g/mol. The topological polar surface area (TPSA) is 87.5 Å². The van der Waals surface area contributed by atoms with Crippen LogP contribution in [0.4, 0.5) is 5.00 Å². The van der Waals surface area contributed by atoms with Crippen molar-refractivity contribution in [2.45, 2.75) is 19.5 Å². The average molecular weight is 298 g/mol. The highest BCUT2D eigenvalue weighted by Crippen LogP contribution is 2.25. The van der Waals surface area contributed by atoms with E-state index in [4.69, 9.17) is 0 Å². The molecule has 0 radical (unpaired) electrons. The predicted octanol–water partition coefficient (Wildman–Crippen LogP) is 0.566. The van der Waals surface area contributed by atoms with Crippen molar-refractivity contribution in [2.24, 2.45) is 0 Å². The summed E-state index contributed by atoms with van der Waals surface area (Å²) in [6.07, 6.45) is 0. The van der Waals surface area contributed by atoms with Gasteiger partial charge in [0.1, 0.15) is 6.04 Å². The fourth-order valence-electron chi connectivity index (χ4n) is 2.24. The molecule has 1 unspecified atom stereocenters. The molecule has 1 aliphatic heterocycles. The molecule has 8 heteroatoms. The molecule has 1 saturated heterocycles. The monoisotopic (exact) mass is 298 g/mol. The van der Waals surface area contributed by atoms with E-state index in [1.165, 1.54) is 17.4 Å². The SMILES string of the molecule is CCNC(=O)C1CNCCN1Cc1ccc([N+](=O)[O-])s1. The van der Waals surface area contributed by atoms with E-state index in [0.717, 1.165) is 18.0 Å². The lowest BCUT2D eigenvalue weighted by Crippen LogP contribution is -2.57. The molecule has 1 amide bonds. The second-order valence-corrected chi connectivity index (χ2v) is 5.73. The Labute approximate surface area is 121 Å². The third kappa shape index (κ3) is 3.53. The molecule has 0 spiro atoms. The first kappa shape index (κ1) is 14.9. The third-order valence-corrected chi connectivity index (χ3v) is 4.22. The molecule has 1 fully saturated rings. The molecule has 0 aromatic carbocycles. The number of nitrogens with one attached hydrogen (secondary N) is 2. The van der Waals surface area contributed by atoms with Gasteiger partial charge in [-0.05, 0) is 13.0 Å². The maximum absolute atomic E-state index is 12.0. The number of carbonyl (C=O) groups is 1. The number of hydrogen-bond acceptors (Lipinski definition) is 6. The van der Waals surface area contributed by atoms with Gasteiger partial charge in [-0.3, -0.25) is 19.8 Å². The fourth-order valence-corrected chi connectivity index (χ4v) is 3.08. The Kier molecular flexibility index (Phi) is 5.05. The van der Waals surface area contributed by atoms with E-state index in [1.807, 2.05) is 6.92 Å². The zero-order chi connectivity index (χ0) is 14.5. The van der Waals surface area contributed by atoms with E-state index in [9.17, 15) is 14.9 Å². The normalized spacial score (nSPS) is 19.8. The minimum Gasteiger partial charge on any atom is -0.355 e. The second kappa shape index (κ2) is 6.78. The third-order valence-electron chi connectivity index (χ3n) is 3.19. The zero-order valence-corrected chi connectivity index (χ0v) is 12.1. The highest BCUT2D eigenvalue weighted by atomic mass is 32.1. The number of nitro groups is 1. The summed E-state index contributed by atoms with van der Waals surface area (Å²) in [7, 11) is 0. The first-order valence-corrected chi connectivity index (χ1v) is 7.39. The van der Waals surface area contributed by atoms with Gasteiger partial charge in [0.15, 0.2) is 0 Å². The first-order valence-electron chi connectivity index (χ1n) is 6.57. The minimum absolute atomic E-state index is 0.00533. The Morgan fingerprint density at radius 1 is 1.65 bits per heavy atom. The second-order valence-electron chi connectivity index (χ2n) is 4.58. The van der Waals surface area contributed by atoms with Crippen molar-refractivity contribution in [1.29, 1.82) is 0 Å². The highest BCUT2D eigenvalue weighted by molar-refractivity contribution is 7.15. The van der Waals surface area contributed by atoms with Gasteiger partial charge in [-0.25, -0.2) is 0 Å². The molecule has 0 bridgehead atoms. The van der Waals surface area contributed by atoms with E-state index in [2.05, 4.69) is 15.5 Å². The Morgan fingerprint density at radius 3 is 3.10 bits per heavy atom. The molecule has 1 aliphatic rings. The molecule has 7 nitrogen and oxygen atoms in total. The van der Waals surface area contributed by atoms with Crippen molar-refractivity contribution >= 4 is 22.2 Å². The van der Waals surface area contributed by atoms with Gasteiger partial charge in [-0.2, -0.15) is 0 Å². The Hall–Kier alpha value is -1.51. The van der Waals surface area contributed by atoms with Crippen LogP contribution in [0.1, 0.15) is 11.8 Å². The molecule has 110 valence electrons. The van der Waals surface area contributed by atoms with E-state index >= 15 is 0 Å². The lowest BCUT2D eigenvalue weighted by atomic mass is 10.1. The highest BCUT2D eigenvalue weighted by Gasteiger charge is 2.28. The Morgan fingerprint density at radius 2 is 2.45 bits per heavy atom. The summed E-state index contributed by atoms with van der Waals surface area (Å²) in [5, 5.41) is 16.9. The van der Waals surface area contributed by atoms with E-state index < -0.39 is 0 Å². The van der Waals surface area contributed by atoms with Crippen molar-refractivity contribution in [3.8, 4) is 0 Å². The van der Waals surface area contributed by atoms with Crippen molar-refractivity contribution in [3.05, 3.63) is 27.1 Å². The quantitative estimate of drug-likeness (QED) is 0.613. The lowest BCUT2D eigenvalue weighted by Gasteiger charge is -2.34. The van der Waals surface area contributed by atoms with Gasteiger partial charge in [-0.1, -0.05) is 11.3 Å². The molecule has 1 aromatic heterocycles. The van der Waals surface area contributed by atoms with Crippen LogP contribution in [0.15, 0.2) is 12.1 Å². The molecule has 1 aromatic rings. The van der Waals surface area contributed by atoms with E-state index in [-0.39, 0.29) is 21.9 Å². The van der Waals surface area contributed by atoms with Crippen molar-refractivity contribution in [3.63, 3.8) is 0 Å². The van der Waals surface area contributed by atoms with Gasteiger partial charge in [0.25, 0.3) is 0 Å². The first-order chi connectivity index (χ1) is 9.61. The Balaban J connectivity index is 2.04. The van der Waals surface area contributed by atoms with Crippen molar-refractivity contribution in [1.82, 2.24) is 15.5 Å². The van der Waals surface area contributed by atoms with Gasteiger partial charge < -0.3 is 10.6 Å². The minimum atomic E-state index is -0.382. The number of hydrogen-bond donors (Lipinski definition) is 2. The van der Waals surface area contributed by atoms with Crippen LogP contribution >= 0.6 is 11.3 Å². The van der Waals surface area contributed by atoms with Crippen LogP contribution in [0.5, 0.6) is 0 Å². The standard InChI is InChI=1S/C12H18N4O3S/c1-2-14-12(17)10-7-13-5-6-15(10)8-9-3-4-11(20-9)16(18)19/h3-4,10,13H,2,5-8H2,1H3,(H,14,17). The molecule has 2 heterocycles. The number of likely N-dealkylation sites (N-methyl/N-ethyl adjacent to an activating group) is 1. The summed E-state index contributed by atoms with van der Waals surface area (Å²) >= 11 is 1.17. The predicted molar refractivity (Wildman–Crippen MR) is 76.7 cm³/mol. The van der Waals surface area contributed by atoms with Gasteiger partial charge in [-0.15, -0.1) is 0 Å². The average Bonchev–Trinajstić information content (AvgIpc) is 2.88. The van der Waals surface area contributed by atoms with Crippen LogP contribution < -0.4 is 10.6 Å². The van der Waals surface area contributed by atoms with Crippen molar-refractivity contribution < 1.29 is 9.72 Å². The number of carbonyl (C=O) groups excluding carboxylic acids is 1. The molecule has 1 atom stereocenters. The summed E-state index contributed by atoms with van der Waals surface area (Å²) in [5.41, 5.74) is 0. The van der Waals surface area contributed by atoms with Gasteiger partial charge >= 0.3 is 5.00 Å². The molecule has 2 N–H and O–H groups in total. The van der Waals surface area contributed by atoms with Gasteiger partial charge in [0.2, 0.25) is 5.91 Å². The summed E-state index contributed by atoms with van der Waals surface area (Å²) in [6, 6.07) is 3.06. The summed E-state index contributed by atoms with van der Waals surface area (Å²) < 4.78 is 0. The van der Waals surface area contributed by atoms with Gasteiger partial charge in [0, 0.05) is 43.7 Å². The van der Waals surface area contributed by atoms with Crippen LogP contribution in [0.3, 0.4) is 0 Å². The molecule has 0 aliphatic carbocycles. The van der Waals surface area contributed by atoms with Crippen molar-refractivity contribution in [2.75, 3.05) is 26.2 Å². The molecular formula is C12H18N4O3S. The smallest absolute Gasteiger partial charge is 0.324 e.